The van der Waals surface area contributed by atoms with E-state index in [-0.39, 0.29) is 43.9 Å². The van der Waals surface area contributed by atoms with E-state index >= 15 is 0 Å². The smallest absolute Gasteiger partial charge is 0.188 e. The third-order valence-electron chi connectivity index (χ3n) is 16.5. The van der Waals surface area contributed by atoms with Crippen molar-refractivity contribution >= 4 is 98.4 Å². The fraction of sp³-hybridized carbons (Fsp3) is 0.319. The number of aliphatic hydroxyl groups is 1. The van der Waals surface area contributed by atoms with Crippen LogP contribution < -0.4 is 15.5 Å². The Labute approximate surface area is 567 Å². The normalized spacial score (nSPS) is 15.2. The second-order valence-electron chi connectivity index (χ2n) is 23.2. The van der Waals surface area contributed by atoms with E-state index in [1.165, 1.54) is 55.2 Å². The van der Waals surface area contributed by atoms with Crippen LogP contribution in [0.25, 0.3) is 0 Å². The van der Waals surface area contributed by atoms with E-state index in [1.807, 2.05) is 85.2 Å². The fourth-order valence-corrected chi connectivity index (χ4v) is 11.7. The summed E-state index contributed by atoms with van der Waals surface area (Å²) in [4.78, 5) is 68.0. The van der Waals surface area contributed by atoms with Crippen LogP contribution in [0.2, 0.25) is 30.9 Å². The molecule has 92 heavy (non-hydrogen) atoms. The summed E-state index contributed by atoms with van der Waals surface area (Å²) in [6.45, 7) is 13.2. The third kappa shape index (κ3) is 19.8. The van der Waals surface area contributed by atoms with Crippen molar-refractivity contribution in [3.05, 3.63) is 246 Å². The van der Waals surface area contributed by atoms with Gasteiger partial charge < -0.3 is 20.6 Å². The molecule has 13 rings (SSSR count). The van der Waals surface area contributed by atoms with Gasteiger partial charge >= 0.3 is 0 Å². The minimum Gasteiger partial charge on any atom is -0.386 e. The fourth-order valence-electron chi connectivity index (χ4n) is 10.5. The van der Waals surface area contributed by atoms with Gasteiger partial charge in [-0.1, -0.05) is 218 Å². The standard InChI is InChI=1S/C21H26N4.C20H25N5.C12H10Cl2N2O.C12H8Cl2N2O.C4H2Cl2N2/c1-3-21(2)9-11-25(12-10-21)19-15-23-20-17(22-14-18(20)24-19)13-16-7-5-4-6-8-16;1-20(14-21)7-9-25(10-8-20)18-13-23-19-16(22-12-17(19)24-18)11-15-5-3-2-4-6-15;2*13-10-7-15-11(12(14)16-10)9(17)6-8-4-2-1-3-5-8;5-3-1-7-2-4(6)8-3/h4-8,15H,3,9-14H2,1-2H3;2-6,13H,7-12,14,21H2,1H3;1-5,7,9,17H,6H2;1-5,7H,6H2;1-2H. The lowest BCUT2D eigenvalue weighted by Crippen LogP contribution is -2.42. The summed E-state index contributed by atoms with van der Waals surface area (Å²) >= 11 is 33.7. The third-order valence-corrected chi connectivity index (χ3v) is 17.7. The zero-order valence-electron chi connectivity index (χ0n) is 51.4. The number of halogens is 6. The number of benzene rings is 4. The Balaban J connectivity index is 0.000000141. The van der Waals surface area contributed by atoms with Crippen molar-refractivity contribution in [2.45, 2.75) is 97.8 Å². The van der Waals surface area contributed by atoms with Gasteiger partial charge in [-0.15, -0.1) is 0 Å². The number of hydrogen-bond donors (Lipinski definition) is 2. The van der Waals surface area contributed by atoms with E-state index in [4.69, 9.17) is 100 Å². The average molecular weight is 1360 g/mol. The summed E-state index contributed by atoms with van der Waals surface area (Å²) in [5.41, 5.74) is 17.7. The second-order valence-corrected chi connectivity index (χ2v) is 25.5. The van der Waals surface area contributed by atoms with Crippen molar-refractivity contribution in [2.24, 2.45) is 26.5 Å². The monoisotopic (exact) mass is 1350 g/mol. The number of hydrogen-bond acceptors (Lipinski definition) is 17. The molecule has 0 aliphatic carbocycles. The maximum Gasteiger partial charge on any atom is 0.188 e. The Morgan fingerprint density at radius 1 is 0.522 bits per heavy atom. The lowest BCUT2D eigenvalue weighted by Gasteiger charge is -2.39. The van der Waals surface area contributed by atoms with Crippen molar-refractivity contribution < 1.29 is 9.90 Å². The van der Waals surface area contributed by atoms with Gasteiger partial charge in [-0.3, -0.25) is 24.7 Å². The molecule has 476 valence electrons. The topological polar surface area (TPSA) is 223 Å². The van der Waals surface area contributed by atoms with Crippen LogP contribution in [-0.2, 0) is 38.8 Å². The molecule has 0 bridgehead atoms. The van der Waals surface area contributed by atoms with Gasteiger partial charge in [0.15, 0.2) is 16.1 Å². The molecule has 4 aliphatic heterocycles. The summed E-state index contributed by atoms with van der Waals surface area (Å²) in [5.74, 6) is 1.83. The van der Waals surface area contributed by atoms with Crippen LogP contribution in [-0.4, -0.2) is 105 Å². The largest absolute Gasteiger partial charge is 0.386 e. The summed E-state index contributed by atoms with van der Waals surface area (Å²) < 4.78 is 0. The van der Waals surface area contributed by atoms with Gasteiger partial charge in [0.1, 0.15) is 61.1 Å². The Bertz CT molecular complexity index is 3780. The molecule has 0 amide bonds. The van der Waals surface area contributed by atoms with E-state index in [0.717, 1.165) is 115 Å². The van der Waals surface area contributed by atoms with Gasteiger partial charge in [0, 0.05) is 51.9 Å². The first-order valence-electron chi connectivity index (χ1n) is 30.3. The number of ketones is 1. The van der Waals surface area contributed by atoms with Crippen molar-refractivity contribution in [1.29, 1.82) is 0 Å². The van der Waals surface area contributed by atoms with Crippen LogP contribution in [0.4, 0.5) is 11.6 Å². The molecule has 0 radical (unpaired) electrons. The van der Waals surface area contributed by atoms with Gasteiger partial charge in [-0.2, -0.15) is 0 Å². The predicted molar refractivity (Wildman–Crippen MR) is 369 cm³/mol. The van der Waals surface area contributed by atoms with E-state index in [1.54, 1.807) is 0 Å². The molecule has 0 spiro atoms. The second kappa shape index (κ2) is 33.4. The number of anilines is 2. The van der Waals surface area contributed by atoms with Gasteiger partial charge in [-0.05, 0) is 65.3 Å². The number of aliphatic imine (C=N–C) groups is 2. The number of Topliss-reactive ketones (excluding diaryl/α,β-unsaturated/α-hetero) is 1. The lowest BCUT2D eigenvalue weighted by molar-refractivity contribution is 0.0988. The summed E-state index contributed by atoms with van der Waals surface area (Å²) in [5, 5.41) is 11.2. The highest BCUT2D eigenvalue weighted by molar-refractivity contribution is 6.34. The number of rotatable bonds is 14. The number of carbonyl (C=O) groups excluding carboxylic acids is 1. The highest BCUT2D eigenvalue weighted by Crippen LogP contribution is 2.36. The Morgan fingerprint density at radius 2 is 0.946 bits per heavy atom. The average Bonchev–Trinajstić information content (AvgIpc) is 1.65. The van der Waals surface area contributed by atoms with Crippen molar-refractivity contribution in [1.82, 2.24) is 49.8 Å². The van der Waals surface area contributed by atoms with Crippen LogP contribution in [0.15, 0.2) is 168 Å². The summed E-state index contributed by atoms with van der Waals surface area (Å²) in [6.07, 6.45) is 16.9. The van der Waals surface area contributed by atoms with E-state index in [9.17, 15) is 9.90 Å². The van der Waals surface area contributed by atoms with Crippen molar-refractivity contribution in [3.8, 4) is 0 Å². The first kappa shape index (κ1) is 68.9. The highest BCUT2D eigenvalue weighted by atomic mass is 35.5. The number of aliphatic hydroxyl groups excluding tert-OH is 1. The molecule has 1 unspecified atom stereocenters. The Kier molecular flexibility index (Phi) is 25.0. The number of piperidine rings is 2. The summed E-state index contributed by atoms with van der Waals surface area (Å²) in [6, 6.07) is 39.9. The molecule has 23 heteroatoms. The molecule has 4 aliphatic rings. The van der Waals surface area contributed by atoms with E-state index in [0.29, 0.717) is 40.9 Å². The first-order valence-corrected chi connectivity index (χ1v) is 32.6. The van der Waals surface area contributed by atoms with Crippen LogP contribution in [0.1, 0.15) is 120 Å². The van der Waals surface area contributed by atoms with Gasteiger partial charge in [0.25, 0.3) is 0 Å². The molecule has 5 aromatic heterocycles. The zero-order valence-corrected chi connectivity index (χ0v) is 55.9. The van der Waals surface area contributed by atoms with Crippen molar-refractivity contribution in [2.75, 3.05) is 42.5 Å². The quantitative estimate of drug-likeness (QED) is 0.0966. The molecule has 4 aromatic carbocycles. The molecule has 0 saturated carbocycles. The Hall–Kier alpha value is -7.45. The first-order chi connectivity index (χ1) is 44.5. The van der Waals surface area contributed by atoms with Crippen LogP contribution >= 0.6 is 69.6 Å². The lowest BCUT2D eigenvalue weighted by atomic mass is 9.78. The number of fused-ring (bicyclic) bond motifs is 2. The zero-order chi connectivity index (χ0) is 65.0. The molecular formula is C69H71Cl6N15O2. The van der Waals surface area contributed by atoms with Gasteiger partial charge in [0.05, 0.1) is 73.1 Å². The number of carbonyl (C=O) groups is 1. The maximum atomic E-state index is 11.9. The van der Waals surface area contributed by atoms with E-state index in [2.05, 4.69) is 114 Å². The predicted octanol–water partition coefficient (Wildman–Crippen LogP) is 14.7. The molecule has 17 nitrogen and oxygen atoms in total. The molecule has 3 N–H and O–H groups in total. The molecule has 9 aromatic rings. The van der Waals surface area contributed by atoms with Crippen LogP contribution in [0.3, 0.4) is 0 Å². The van der Waals surface area contributed by atoms with Gasteiger partial charge in [0.2, 0.25) is 0 Å². The maximum absolute atomic E-state index is 11.9. The molecule has 2 saturated heterocycles. The van der Waals surface area contributed by atoms with E-state index < -0.39 is 6.10 Å². The van der Waals surface area contributed by atoms with Gasteiger partial charge in [-0.25, -0.2) is 39.9 Å². The van der Waals surface area contributed by atoms with Crippen LogP contribution in [0, 0.1) is 10.8 Å². The molecular weight excluding hydrogens is 1280 g/mol. The van der Waals surface area contributed by atoms with Crippen molar-refractivity contribution in [3.63, 3.8) is 0 Å². The highest BCUT2D eigenvalue weighted by Gasteiger charge is 2.32. The number of nitrogens with zero attached hydrogens (tertiary/aromatic N) is 14. The Morgan fingerprint density at radius 3 is 1.37 bits per heavy atom. The van der Waals surface area contributed by atoms with Crippen LogP contribution in [0.5, 0.6) is 0 Å². The number of nitrogens with two attached hydrogens (primary N) is 1. The number of aromatic nitrogens is 10. The molecule has 1 atom stereocenters. The minimum atomic E-state index is -0.783. The molecule has 9 heterocycles. The molecule has 2 fully saturated rings. The minimum absolute atomic E-state index is 0.0402. The SMILES string of the molecule is CC1(CN)CCN(c2cnc3c(n2)CN=C3Cc2ccccc2)CC1.CCC1(C)CCN(c2cnc3c(n2)CN=C3Cc2ccccc2)CC1.Clc1cncc(Cl)n1.O=C(Cc1ccccc1)c1ncc(Cl)nc1Cl.OC(Cc1ccccc1)c1ncc(Cl)nc1Cl. The summed E-state index contributed by atoms with van der Waals surface area (Å²) in [7, 11) is 0.